The first-order valence-electron chi connectivity index (χ1n) is 6.51. The van der Waals surface area contributed by atoms with Crippen molar-refractivity contribution in [1.82, 2.24) is 4.98 Å². The zero-order valence-electron chi connectivity index (χ0n) is 11.2. The van der Waals surface area contributed by atoms with E-state index < -0.39 is 0 Å². The van der Waals surface area contributed by atoms with Crippen molar-refractivity contribution in [2.75, 3.05) is 0 Å². The molecular formula is C17H15FN2. The van der Waals surface area contributed by atoms with E-state index in [4.69, 9.17) is 5.73 Å². The summed E-state index contributed by atoms with van der Waals surface area (Å²) in [4.78, 5) is 4.17. The molecule has 0 aliphatic heterocycles. The lowest BCUT2D eigenvalue weighted by Crippen LogP contribution is -2.12. The lowest BCUT2D eigenvalue weighted by atomic mass is 9.94. The van der Waals surface area contributed by atoms with Crippen molar-refractivity contribution in [2.24, 2.45) is 5.73 Å². The maximum absolute atomic E-state index is 13.4. The summed E-state index contributed by atoms with van der Waals surface area (Å²) in [6.07, 6.45) is 3.58. The van der Waals surface area contributed by atoms with Crippen LogP contribution in [0.3, 0.4) is 0 Å². The molecule has 2 nitrogen and oxygen atoms in total. The first-order chi connectivity index (χ1) is 9.66. The van der Waals surface area contributed by atoms with E-state index in [0.29, 0.717) is 5.56 Å². The van der Waals surface area contributed by atoms with Crippen LogP contribution >= 0.6 is 0 Å². The molecule has 3 rings (SSSR count). The largest absolute Gasteiger partial charge is 0.320 e. The van der Waals surface area contributed by atoms with Crippen molar-refractivity contribution in [1.29, 1.82) is 0 Å². The Morgan fingerprint density at radius 3 is 2.80 bits per heavy atom. The summed E-state index contributed by atoms with van der Waals surface area (Å²) >= 11 is 0. The van der Waals surface area contributed by atoms with Gasteiger partial charge in [0.25, 0.3) is 0 Å². The van der Waals surface area contributed by atoms with Crippen LogP contribution in [-0.2, 0) is 0 Å². The molecular weight excluding hydrogens is 251 g/mol. The summed E-state index contributed by atoms with van der Waals surface area (Å²) < 4.78 is 13.4. The van der Waals surface area contributed by atoms with Gasteiger partial charge >= 0.3 is 0 Å². The van der Waals surface area contributed by atoms with E-state index in [2.05, 4.69) is 4.98 Å². The predicted molar refractivity (Wildman–Crippen MR) is 78.9 cm³/mol. The van der Waals surface area contributed by atoms with Gasteiger partial charge in [0.05, 0.1) is 6.04 Å². The molecule has 0 aliphatic rings. The third-order valence-electron chi connectivity index (χ3n) is 3.59. The summed E-state index contributed by atoms with van der Waals surface area (Å²) in [5.74, 6) is -0.208. The molecule has 0 saturated heterocycles. The molecule has 100 valence electrons. The minimum absolute atomic E-state index is 0.208. The number of fused-ring (bicyclic) bond motifs is 1. The fraction of sp³-hybridized carbons (Fsp3) is 0.118. The maximum atomic E-state index is 13.4. The van der Waals surface area contributed by atoms with Gasteiger partial charge in [-0.1, -0.05) is 30.3 Å². The number of nitrogens with two attached hydrogens (primary N) is 1. The number of aromatic nitrogens is 1. The highest BCUT2D eigenvalue weighted by Crippen LogP contribution is 2.27. The molecule has 0 amide bonds. The summed E-state index contributed by atoms with van der Waals surface area (Å²) in [7, 11) is 0. The number of hydrogen-bond donors (Lipinski definition) is 1. The number of pyridine rings is 1. The second kappa shape index (κ2) is 5.02. The van der Waals surface area contributed by atoms with Crippen molar-refractivity contribution in [2.45, 2.75) is 13.0 Å². The van der Waals surface area contributed by atoms with E-state index in [1.54, 1.807) is 25.3 Å². The maximum Gasteiger partial charge on any atom is 0.126 e. The monoisotopic (exact) mass is 266 g/mol. The fourth-order valence-corrected chi connectivity index (χ4v) is 2.45. The van der Waals surface area contributed by atoms with Crippen LogP contribution in [0, 0.1) is 12.7 Å². The van der Waals surface area contributed by atoms with Crippen LogP contribution in [-0.4, -0.2) is 4.98 Å². The van der Waals surface area contributed by atoms with Gasteiger partial charge in [0.15, 0.2) is 0 Å². The Morgan fingerprint density at radius 2 is 2.00 bits per heavy atom. The van der Waals surface area contributed by atoms with E-state index in [0.717, 1.165) is 21.9 Å². The average Bonchev–Trinajstić information content (AvgIpc) is 2.49. The van der Waals surface area contributed by atoms with Crippen LogP contribution in [0.1, 0.15) is 22.7 Å². The molecule has 0 saturated carbocycles. The molecule has 0 fully saturated rings. The number of halogens is 1. The van der Waals surface area contributed by atoms with Crippen LogP contribution < -0.4 is 5.73 Å². The summed E-state index contributed by atoms with van der Waals surface area (Å²) in [5.41, 5.74) is 8.86. The molecule has 3 heteroatoms. The Balaban J connectivity index is 2.12. The summed E-state index contributed by atoms with van der Waals surface area (Å²) in [6.45, 7) is 1.75. The van der Waals surface area contributed by atoms with Gasteiger partial charge in [0.1, 0.15) is 5.82 Å². The molecule has 1 aromatic heterocycles. The second-order valence-electron chi connectivity index (χ2n) is 4.93. The molecule has 0 bridgehead atoms. The summed E-state index contributed by atoms with van der Waals surface area (Å²) in [6, 6.07) is 12.7. The summed E-state index contributed by atoms with van der Waals surface area (Å²) in [5, 5.41) is 2.14. The normalized spacial score (nSPS) is 12.6. The smallest absolute Gasteiger partial charge is 0.126 e. The van der Waals surface area contributed by atoms with Crippen molar-refractivity contribution in [3.8, 4) is 0 Å². The van der Waals surface area contributed by atoms with Crippen molar-refractivity contribution in [3.63, 3.8) is 0 Å². The van der Waals surface area contributed by atoms with Crippen LogP contribution in [0.4, 0.5) is 4.39 Å². The van der Waals surface area contributed by atoms with Gasteiger partial charge in [-0.05, 0) is 41.1 Å². The Kier molecular flexibility index (Phi) is 3.20. The topological polar surface area (TPSA) is 38.9 Å². The van der Waals surface area contributed by atoms with E-state index in [9.17, 15) is 4.39 Å². The minimum Gasteiger partial charge on any atom is -0.320 e. The standard InChI is InChI=1S/C17H15FN2/c1-11-9-13(5-6-16(11)18)17(19)14-4-2-3-12-7-8-20-10-15(12)14/h2-10,17H,19H2,1H3. The lowest BCUT2D eigenvalue weighted by molar-refractivity contribution is 0.617. The van der Waals surface area contributed by atoms with Gasteiger partial charge in [-0.3, -0.25) is 4.98 Å². The fourth-order valence-electron chi connectivity index (χ4n) is 2.45. The minimum atomic E-state index is -0.290. The molecule has 0 radical (unpaired) electrons. The van der Waals surface area contributed by atoms with E-state index in [1.807, 2.05) is 30.5 Å². The third-order valence-corrected chi connectivity index (χ3v) is 3.59. The van der Waals surface area contributed by atoms with Crippen molar-refractivity contribution >= 4 is 10.8 Å². The number of nitrogens with zero attached hydrogens (tertiary/aromatic N) is 1. The number of aryl methyl sites for hydroxylation is 1. The van der Waals surface area contributed by atoms with Crippen LogP contribution in [0.15, 0.2) is 54.9 Å². The highest BCUT2D eigenvalue weighted by molar-refractivity contribution is 5.85. The van der Waals surface area contributed by atoms with Gasteiger partial charge in [-0.25, -0.2) is 4.39 Å². The van der Waals surface area contributed by atoms with Gasteiger partial charge < -0.3 is 5.73 Å². The van der Waals surface area contributed by atoms with Crippen molar-refractivity contribution in [3.05, 3.63) is 77.4 Å². The molecule has 20 heavy (non-hydrogen) atoms. The second-order valence-corrected chi connectivity index (χ2v) is 4.93. The predicted octanol–water partition coefficient (Wildman–Crippen LogP) is 3.73. The first-order valence-corrected chi connectivity index (χ1v) is 6.51. The average molecular weight is 266 g/mol. The van der Waals surface area contributed by atoms with E-state index in [-0.39, 0.29) is 11.9 Å². The van der Waals surface area contributed by atoms with Gasteiger partial charge in [-0.2, -0.15) is 0 Å². The quantitative estimate of drug-likeness (QED) is 0.767. The Morgan fingerprint density at radius 1 is 1.15 bits per heavy atom. The molecule has 2 N–H and O–H groups in total. The molecule has 0 aliphatic carbocycles. The highest BCUT2D eigenvalue weighted by atomic mass is 19.1. The number of benzene rings is 2. The molecule has 2 aromatic carbocycles. The SMILES string of the molecule is Cc1cc(C(N)c2cccc3ccncc23)ccc1F. The van der Waals surface area contributed by atoms with Gasteiger partial charge in [-0.15, -0.1) is 0 Å². The molecule has 3 aromatic rings. The van der Waals surface area contributed by atoms with Crippen LogP contribution in [0.2, 0.25) is 0 Å². The molecule has 1 heterocycles. The first kappa shape index (κ1) is 12.8. The molecule has 1 atom stereocenters. The van der Waals surface area contributed by atoms with Gasteiger partial charge in [0.2, 0.25) is 0 Å². The Hall–Kier alpha value is -2.26. The number of hydrogen-bond acceptors (Lipinski definition) is 2. The van der Waals surface area contributed by atoms with Gasteiger partial charge in [0, 0.05) is 17.8 Å². The lowest BCUT2D eigenvalue weighted by Gasteiger charge is -2.15. The zero-order chi connectivity index (χ0) is 14.1. The molecule has 1 unspecified atom stereocenters. The van der Waals surface area contributed by atoms with Crippen LogP contribution in [0.25, 0.3) is 10.8 Å². The van der Waals surface area contributed by atoms with E-state index >= 15 is 0 Å². The van der Waals surface area contributed by atoms with E-state index in [1.165, 1.54) is 6.07 Å². The van der Waals surface area contributed by atoms with Crippen molar-refractivity contribution < 1.29 is 4.39 Å². The number of rotatable bonds is 2. The molecule has 0 spiro atoms. The zero-order valence-corrected chi connectivity index (χ0v) is 11.2. The Labute approximate surface area is 117 Å². The van der Waals surface area contributed by atoms with Crippen LogP contribution in [0.5, 0.6) is 0 Å². The highest BCUT2D eigenvalue weighted by Gasteiger charge is 2.13. The third kappa shape index (κ3) is 2.17. The Bertz CT molecular complexity index is 763.